The van der Waals surface area contributed by atoms with Gasteiger partial charge >= 0.3 is 0 Å². The highest BCUT2D eigenvalue weighted by molar-refractivity contribution is 5.82. The maximum Gasteiger partial charge on any atom is 0.134 e. The van der Waals surface area contributed by atoms with E-state index in [9.17, 15) is 0 Å². The van der Waals surface area contributed by atoms with Gasteiger partial charge in [-0.25, -0.2) is 0 Å². The second-order valence-electron chi connectivity index (χ2n) is 7.02. The molecule has 0 aliphatic carbocycles. The van der Waals surface area contributed by atoms with Gasteiger partial charge < -0.3 is 9.73 Å². The van der Waals surface area contributed by atoms with E-state index in [2.05, 4.69) is 46.4 Å². The topological polar surface area (TPSA) is 41.3 Å². The van der Waals surface area contributed by atoms with Gasteiger partial charge in [-0.3, -0.25) is 9.88 Å². The monoisotopic (exact) mass is 335 g/mol. The van der Waals surface area contributed by atoms with Crippen molar-refractivity contribution < 1.29 is 4.42 Å². The Balaban J connectivity index is 1.59. The molecule has 130 valence electrons. The van der Waals surface area contributed by atoms with Crippen LogP contribution >= 0.6 is 0 Å². The van der Waals surface area contributed by atoms with Gasteiger partial charge in [0.2, 0.25) is 0 Å². The summed E-state index contributed by atoms with van der Waals surface area (Å²) in [6.07, 6.45) is 5.07. The van der Waals surface area contributed by atoms with Gasteiger partial charge in [0, 0.05) is 43.0 Å². The molecule has 3 aromatic rings. The van der Waals surface area contributed by atoms with E-state index in [-0.39, 0.29) is 0 Å². The first-order valence-electron chi connectivity index (χ1n) is 9.08. The molecule has 1 fully saturated rings. The molecular weight excluding hydrogens is 310 g/mol. The Morgan fingerprint density at radius 2 is 2.12 bits per heavy atom. The van der Waals surface area contributed by atoms with Crippen LogP contribution < -0.4 is 5.32 Å². The van der Waals surface area contributed by atoms with E-state index in [1.54, 1.807) is 0 Å². The Labute approximate surface area is 148 Å². The lowest BCUT2D eigenvalue weighted by Crippen LogP contribution is -2.30. The molecule has 1 N–H and O–H groups in total. The molecule has 25 heavy (non-hydrogen) atoms. The number of hydrogen-bond donors (Lipinski definition) is 1. The number of hydrogen-bond acceptors (Lipinski definition) is 4. The lowest BCUT2D eigenvalue weighted by Gasteiger charge is -2.25. The fourth-order valence-corrected chi connectivity index (χ4v) is 3.81. The molecule has 2 aromatic heterocycles. The van der Waals surface area contributed by atoms with Crippen molar-refractivity contribution in [1.29, 1.82) is 0 Å². The molecule has 0 unspecified atom stereocenters. The highest BCUT2D eigenvalue weighted by Crippen LogP contribution is 2.27. The predicted octanol–water partition coefficient (Wildman–Crippen LogP) is 3.75. The number of benzene rings is 1. The molecule has 0 saturated carbocycles. The molecule has 0 spiro atoms. The predicted molar refractivity (Wildman–Crippen MR) is 100 cm³/mol. The minimum Gasteiger partial charge on any atom is -0.461 e. The summed E-state index contributed by atoms with van der Waals surface area (Å²) in [5.41, 5.74) is 3.56. The normalized spacial score (nSPS) is 17.6. The summed E-state index contributed by atoms with van der Waals surface area (Å²) in [6, 6.07) is 12.5. The molecule has 0 radical (unpaired) electrons. The van der Waals surface area contributed by atoms with Gasteiger partial charge in [0.25, 0.3) is 0 Å². The van der Waals surface area contributed by atoms with Crippen LogP contribution in [0.5, 0.6) is 0 Å². The van der Waals surface area contributed by atoms with Crippen molar-refractivity contribution in [3.63, 3.8) is 0 Å². The quantitative estimate of drug-likeness (QED) is 0.745. The zero-order chi connectivity index (χ0) is 17.1. The van der Waals surface area contributed by atoms with Gasteiger partial charge in [-0.2, -0.15) is 0 Å². The van der Waals surface area contributed by atoms with Gasteiger partial charge in [-0.1, -0.05) is 24.3 Å². The van der Waals surface area contributed by atoms with Crippen LogP contribution in [-0.2, 0) is 13.1 Å². The first-order valence-corrected chi connectivity index (χ1v) is 9.08. The maximum atomic E-state index is 5.97. The summed E-state index contributed by atoms with van der Waals surface area (Å²) >= 11 is 0. The number of aromatic nitrogens is 1. The first-order chi connectivity index (χ1) is 12.3. The largest absolute Gasteiger partial charge is 0.461 e. The van der Waals surface area contributed by atoms with Crippen molar-refractivity contribution in [2.45, 2.75) is 26.4 Å². The highest BCUT2D eigenvalue weighted by Gasteiger charge is 2.21. The van der Waals surface area contributed by atoms with Crippen LogP contribution in [0, 0.1) is 12.8 Å². The lowest BCUT2D eigenvalue weighted by atomic mass is 10.1. The third-order valence-electron chi connectivity index (χ3n) is 5.09. The average Bonchev–Trinajstić information content (AvgIpc) is 3.24. The van der Waals surface area contributed by atoms with E-state index in [1.165, 1.54) is 22.9 Å². The maximum absolute atomic E-state index is 5.97. The molecular formula is C21H25N3O. The number of nitrogens with one attached hydrogen (secondary N) is 1. The third kappa shape index (κ3) is 3.75. The first kappa shape index (κ1) is 16.3. The Morgan fingerprint density at radius 1 is 1.20 bits per heavy atom. The Morgan fingerprint density at radius 3 is 2.92 bits per heavy atom. The van der Waals surface area contributed by atoms with E-state index in [1.807, 2.05) is 24.5 Å². The average molecular weight is 335 g/mol. The Kier molecular flexibility index (Phi) is 4.81. The van der Waals surface area contributed by atoms with Crippen molar-refractivity contribution in [3.8, 4) is 0 Å². The fraction of sp³-hybridized carbons (Fsp3) is 0.381. The van der Waals surface area contributed by atoms with Crippen LogP contribution in [0.2, 0.25) is 0 Å². The Hall–Kier alpha value is -2.17. The van der Waals surface area contributed by atoms with E-state index in [0.29, 0.717) is 0 Å². The third-order valence-corrected chi connectivity index (χ3v) is 5.09. The highest BCUT2D eigenvalue weighted by atomic mass is 16.3. The van der Waals surface area contributed by atoms with Gasteiger partial charge in [-0.15, -0.1) is 0 Å². The summed E-state index contributed by atoms with van der Waals surface area (Å²) in [5.74, 6) is 1.75. The summed E-state index contributed by atoms with van der Waals surface area (Å²) in [7, 11) is 0. The zero-order valence-corrected chi connectivity index (χ0v) is 14.7. The van der Waals surface area contributed by atoms with Crippen molar-refractivity contribution >= 4 is 11.0 Å². The van der Waals surface area contributed by atoms with E-state index in [4.69, 9.17) is 4.42 Å². The van der Waals surface area contributed by atoms with Gasteiger partial charge in [-0.05, 0) is 50.0 Å². The summed E-state index contributed by atoms with van der Waals surface area (Å²) in [6.45, 7) is 7.26. The molecule has 1 aliphatic rings. The van der Waals surface area contributed by atoms with Crippen molar-refractivity contribution in [2.75, 3.05) is 19.6 Å². The van der Waals surface area contributed by atoms with Crippen LogP contribution in [0.1, 0.15) is 23.3 Å². The fourth-order valence-electron chi connectivity index (χ4n) is 3.81. The van der Waals surface area contributed by atoms with Crippen LogP contribution in [-0.4, -0.2) is 29.5 Å². The van der Waals surface area contributed by atoms with Crippen molar-refractivity contribution in [1.82, 2.24) is 15.2 Å². The number of fused-ring (bicyclic) bond motifs is 1. The standard InChI is InChI=1S/C21H25N3O/c1-16-20(19-6-2-3-7-21(19)25-16)15-24(14-18-8-10-23-12-18)13-17-5-4-9-22-11-17/h2-7,9,11,18,23H,8,10,12-15H2,1H3/t18-/m0/s1. The Bertz CT molecular complexity index is 822. The molecule has 1 aromatic carbocycles. The van der Waals surface area contributed by atoms with Gasteiger partial charge in [0.15, 0.2) is 0 Å². The number of pyridine rings is 1. The number of rotatable bonds is 6. The molecule has 4 nitrogen and oxygen atoms in total. The number of aryl methyl sites for hydroxylation is 1. The minimum atomic E-state index is 0.718. The van der Waals surface area contributed by atoms with Gasteiger partial charge in [0.05, 0.1) is 0 Å². The molecule has 4 heteroatoms. The van der Waals surface area contributed by atoms with Crippen molar-refractivity contribution in [2.24, 2.45) is 5.92 Å². The second-order valence-corrected chi connectivity index (χ2v) is 7.02. The van der Waals surface area contributed by atoms with Crippen LogP contribution in [0.15, 0.2) is 53.2 Å². The summed E-state index contributed by atoms with van der Waals surface area (Å²) in [5, 5.41) is 4.72. The second kappa shape index (κ2) is 7.38. The SMILES string of the molecule is Cc1oc2ccccc2c1CN(Cc1cccnc1)C[C@H]1CCNC1. The lowest BCUT2D eigenvalue weighted by molar-refractivity contribution is 0.220. The van der Waals surface area contributed by atoms with Crippen molar-refractivity contribution in [3.05, 3.63) is 65.7 Å². The molecule has 0 amide bonds. The van der Waals surface area contributed by atoms with E-state index >= 15 is 0 Å². The molecule has 1 atom stereocenters. The smallest absolute Gasteiger partial charge is 0.134 e. The number of furan rings is 1. The number of para-hydroxylation sites is 1. The minimum absolute atomic E-state index is 0.718. The molecule has 3 heterocycles. The molecule has 1 aliphatic heterocycles. The molecule has 4 rings (SSSR count). The zero-order valence-electron chi connectivity index (χ0n) is 14.7. The number of nitrogens with zero attached hydrogens (tertiary/aromatic N) is 2. The van der Waals surface area contributed by atoms with E-state index in [0.717, 1.165) is 50.0 Å². The van der Waals surface area contributed by atoms with Gasteiger partial charge in [0.1, 0.15) is 11.3 Å². The summed E-state index contributed by atoms with van der Waals surface area (Å²) < 4.78 is 5.97. The van der Waals surface area contributed by atoms with Crippen LogP contribution in [0.4, 0.5) is 0 Å². The van der Waals surface area contributed by atoms with E-state index < -0.39 is 0 Å². The van der Waals surface area contributed by atoms with Crippen LogP contribution in [0.3, 0.4) is 0 Å². The van der Waals surface area contributed by atoms with Crippen LogP contribution in [0.25, 0.3) is 11.0 Å². The molecule has 0 bridgehead atoms. The molecule has 1 saturated heterocycles. The summed E-state index contributed by atoms with van der Waals surface area (Å²) in [4.78, 5) is 6.82.